The fraction of sp³-hybridized carbons (Fsp3) is 0.333. The van der Waals surface area contributed by atoms with Crippen LogP contribution >= 0.6 is 0 Å². The van der Waals surface area contributed by atoms with Gasteiger partial charge in [-0.3, -0.25) is 0 Å². The van der Waals surface area contributed by atoms with Crippen molar-refractivity contribution in [1.29, 1.82) is 0 Å². The van der Waals surface area contributed by atoms with E-state index in [-0.39, 0.29) is 5.76 Å². The molecule has 128 valence electrons. The molecule has 1 aromatic heterocycles. The number of furan rings is 1. The van der Waals surface area contributed by atoms with Crippen molar-refractivity contribution in [2.24, 2.45) is 0 Å². The van der Waals surface area contributed by atoms with E-state index in [1.54, 1.807) is 18.2 Å². The Morgan fingerprint density at radius 3 is 2.50 bits per heavy atom. The van der Waals surface area contributed by atoms with Crippen molar-refractivity contribution in [1.82, 2.24) is 0 Å². The molecule has 24 heavy (non-hydrogen) atoms. The number of nitrogens with one attached hydrogen (secondary N) is 2. The molecular formula is C18H22N2O4. The second kappa shape index (κ2) is 8.19. The summed E-state index contributed by atoms with van der Waals surface area (Å²) < 4.78 is 10.2. The van der Waals surface area contributed by atoms with Crippen LogP contribution in [-0.2, 0) is 11.2 Å². The summed E-state index contributed by atoms with van der Waals surface area (Å²) >= 11 is 0. The normalized spacial score (nSPS) is 10.3. The maximum atomic E-state index is 12.1. The first-order chi connectivity index (χ1) is 11.5. The number of esters is 1. The second-order valence-corrected chi connectivity index (χ2v) is 5.50. The van der Waals surface area contributed by atoms with Gasteiger partial charge in [0.2, 0.25) is 5.76 Å². The topological polar surface area (TPSA) is 80.6 Å². The minimum atomic E-state index is -0.622. The van der Waals surface area contributed by atoms with Gasteiger partial charge in [0.05, 0.1) is 12.8 Å². The molecule has 0 fully saturated rings. The lowest BCUT2D eigenvalue weighted by molar-refractivity contribution is 0.0564. The van der Waals surface area contributed by atoms with Gasteiger partial charge in [0.15, 0.2) is 0 Å². The minimum Gasteiger partial charge on any atom is -0.463 e. The molecule has 6 heteroatoms. The summed E-state index contributed by atoms with van der Waals surface area (Å²) in [5, 5.41) is 5.35. The molecule has 1 aromatic carbocycles. The molecule has 2 rings (SSSR count). The van der Waals surface area contributed by atoms with Crippen LogP contribution in [0.3, 0.4) is 0 Å². The number of unbranched alkanes of at least 4 members (excludes halogenated alkanes) is 1. The zero-order valence-corrected chi connectivity index (χ0v) is 14.1. The molecule has 0 radical (unpaired) electrons. The third-order valence-electron chi connectivity index (χ3n) is 3.49. The Balaban J connectivity index is 2.11. The zero-order chi connectivity index (χ0) is 17.5. The number of hydrogen-bond donors (Lipinski definition) is 2. The van der Waals surface area contributed by atoms with Gasteiger partial charge in [-0.25, -0.2) is 9.59 Å². The maximum absolute atomic E-state index is 12.1. The number of hydrogen-bond acceptors (Lipinski definition) is 4. The van der Waals surface area contributed by atoms with Crippen LogP contribution in [-0.4, -0.2) is 19.1 Å². The SMILES string of the molecule is CCCCc1cc(NC(=O)Nc2ccc(C)cc2)c(C(=O)OC)o1. The highest BCUT2D eigenvalue weighted by Gasteiger charge is 2.20. The summed E-state index contributed by atoms with van der Waals surface area (Å²) in [6, 6.07) is 8.62. The number of urea groups is 1. The number of carbonyl (C=O) groups is 2. The van der Waals surface area contributed by atoms with Crippen molar-refractivity contribution < 1.29 is 18.7 Å². The highest BCUT2D eigenvalue weighted by molar-refractivity contribution is 6.04. The lowest BCUT2D eigenvalue weighted by atomic mass is 10.2. The molecular weight excluding hydrogens is 308 g/mol. The third kappa shape index (κ3) is 4.62. The van der Waals surface area contributed by atoms with Crippen LogP contribution in [0.4, 0.5) is 16.2 Å². The fourth-order valence-corrected chi connectivity index (χ4v) is 2.18. The summed E-state index contributed by atoms with van der Waals surface area (Å²) in [6.45, 7) is 4.04. The van der Waals surface area contributed by atoms with E-state index in [2.05, 4.69) is 17.6 Å². The van der Waals surface area contributed by atoms with Crippen LogP contribution in [0.1, 0.15) is 41.6 Å². The van der Waals surface area contributed by atoms with Gasteiger partial charge in [-0.2, -0.15) is 0 Å². The van der Waals surface area contributed by atoms with E-state index in [1.807, 2.05) is 19.1 Å². The van der Waals surface area contributed by atoms with Gasteiger partial charge in [-0.05, 0) is 25.5 Å². The standard InChI is InChI=1S/C18H22N2O4/c1-4-5-6-14-11-15(16(24-14)17(21)23-3)20-18(22)19-13-9-7-12(2)8-10-13/h7-11H,4-6H2,1-3H3,(H2,19,20,22). The average molecular weight is 330 g/mol. The average Bonchev–Trinajstić information content (AvgIpc) is 2.97. The predicted octanol–water partition coefficient (Wildman–Crippen LogP) is 4.36. The monoisotopic (exact) mass is 330 g/mol. The number of methoxy groups -OCH3 is 1. The van der Waals surface area contributed by atoms with Gasteiger partial charge in [-0.15, -0.1) is 0 Å². The van der Waals surface area contributed by atoms with E-state index in [9.17, 15) is 9.59 Å². The molecule has 2 N–H and O–H groups in total. The Labute approximate surface area is 141 Å². The van der Waals surface area contributed by atoms with Crippen molar-refractivity contribution >= 4 is 23.4 Å². The van der Waals surface area contributed by atoms with Crippen LogP contribution in [0.2, 0.25) is 0 Å². The Kier molecular flexibility index (Phi) is 6.01. The maximum Gasteiger partial charge on any atom is 0.376 e. The summed E-state index contributed by atoms with van der Waals surface area (Å²) in [5.74, 6) is 0.0222. The van der Waals surface area contributed by atoms with E-state index in [0.29, 0.717) is 23.6 Å². The van der Waals surface area contributed by atoms with Gasteiger partial charge in [0, 0.05) is 18.2 Å². The highest BCUT2D eigenvalue weighted by Crippen LogP contribution is 2.24. The number of amides is 2. The van der Waals surface area contributed by atoms with E-state index in [4.69, 9.17) is 9.15 Å². The quantitative estimate of drug-likeness (QED) is 0.771. The van der Waals surface area contributed by atoms with Crippen LogP contribution in [0.15, 0.2) is 34.7 Å². The molecule has 2 aromatic rings. The second-order valence-electron chi connectivity index (χ2n) is 5.50. The van der Waals surface area contributed by atoms with Gasteiger partial charge >= 0.3 is 12.0 Å². The molecule has 0 saturated heterocycles. The number of aryl methyl sites for hydroxylation is 2. The van der Waals surface area contributed by atoms with Crippen molar-refractivity contribution in [2.75, 3.05) is 17.7 Å². The van der Waals surface area contributed by atoms with Crippen LogP contribution in [0.25, 0.3) is 0 Å². The smallest absolute Gasteiger partial charge is 0.376 e. The third-order valence-corrected chi connectivity index (χ3v) is 3.49. The molecule has 0 spiro atoms. The molecule has 0 saturated carbocycles. The number of carbonyl (C=O) groups excluding carboxylic acids is 2. The lowest BCUT2D eigenvalue weighted by Gasteiger charge is -2.07. The zero-order valence-electron chi connectivity index (χ0n) is 14.1. The number of benzene rings is 1. The summed E-state index contributed by atoms with van der Waals surface area (Å²) in [4.78, 5) is 23.9. The summed E-state index contributed by atoms with van der Waals surface area (Å²) in [7, 11) is 1.27. The van der Waals surface area contributed by atoms with Crippen LogP contribution in [0.5, 0.6) is 0 Å². The van der Waals surface area contributed by atoms with Gasteiger partial charge in [0.25, 0.3) is 0 Å². The summed E-state index contributed by atoms with van der Waals surface area (Å²) in [6.07, 6.45) is 2.63. The van der Waals surface area contributed by atoms with Crippen LogP contribution in [0, 0.1) is 6.92 Å². The Hall–Kier alpha value is -2.76. The van der Waals surface area contributed by atoms with Crippen molar-refractivity contribution in [3.63, 3.8) is 0 Å². The van der Waals surface area contributed by atoms with Crippen molar-refractivity contribution in [3.05, 3.63) is 47.4 Å². The van der Waals surface area contributed by atoms with Gasteiger partial charge in [0.1, 0.15) is 5.76 Å². The van der Waals surface area contributed by atoms with E-state index >= 15 is 0 Å². The minimum absolute atomic E-state index is 0.00246. The van der Waals surface area contributed by atoms with E-state index < -0.39 is 12.0 Å². The van der Waals surface area contributed by atoms with Crippen molar-refractivity contribution in [3.8, 4) is 0 Å². The Bertz CT molecular complexity index is 704. The molecule has 0 atom stereocenters. The summed E-state index contributed by atoms with van der Waals surface area (Å²) in [5.41, 5.74) is 2.06. The fourth-order valence-electron chi connectivity index (χ4n) is 2.18. The lowest BCUT2D eigenvalue weighted by Crippen LogP contribution is -2.20. The molecule has 0 aliphatic rings. The molecule has 0 unspecified atom stereocenters. The van der Waals surface area contributed by atoms with Crippen LogP contribution < -0.4 is 10.6 Å². The van der Waals surface area contributed by atoms with Gasteiger partial charge in [-0.1, -0.05) is 31.0 Å². The van der Waals surface area contributed by atoms with Crippen molar-refractivity contribution in [2.45, 2.75) is 33.1 Å². The molecule has 0 aliphatic heterocycles. The number of rotatable bonds is 6. The van der Waals surface area contributed by atoms with Gasteiger partial charge < -0.3 is 19.8 Å². The van der Waals surface area contributed by atoms with E-state index in [1.165, 1.54) is 7.11 Å². The largest absolute Gasteiger partial charge is 0.463 e. The molecule has 0 aliphatic carbocycles. The molecule has 0 bridgehead atoms. The van der Waals surface area contributed by atoms with E-state index in [0.717, 1.165) is 18.4 Å². The number of anilines is 2. The number of ether oxygens (including phenoxy) is 1. The highest BCUT2D eigenvalue weighted by atomic mass is 16.5. The first-order valence-corrected chi connectivity index (χ1v) is 7.89. The Morgan fingerprint density at radius 1 is 1.17 bits per heavy atom. The molecule has 2 amide bonds. The first kappa shape index (κ1) is 17.6. The molecule has 1 heterocycles. The predicted molar refractivity (Wildman–Crippen MR) is 92.5 cm³/mol. The Morgan fingerprint density at radius 2 is 1.88 bits per heavy atom. The first-order valence-electron chi connectivity index (χ1n) is 7.89. The molecule has 6 nitrogen and oxygen atoms in total.